The van der Waals surface area contributed by atoms with E-state index in [9.17, 15) is 9.59 Å². The Hall–Kier alpha value is -2.04. The molecular weight excluding hydrogens is 278 g/mol. The molecule has 0 unspecified atom stereocenters. The van der Waals surface area contributed by atoms with Crippen LogP contribution in [-0.4, -0.2) is 24.9 Å². The van der Waals surface area contributed by atoms with E-state index < -0.39 is 5.41 Å². The maximum Gasteiger partial charge on any atom is 0.228 e. The van der Waals surface area contributed by atoms with Crippen LogP contribution in [0.3, 0.4) is 0 Å². The summed E-state index contributed by atoms with van der Waals surface area (Å²) in [4.78, 5) is 26.0. The van der Waals surface area contributed by atoms with Crippen molar-refractivity contribution in [1.82, 2.24) is 5.32 Å². The van der Waals surface area contributed by atoms with E-state index in [2.05, 4.69) is 5.32 Å². The minimum Gasteiger partial charge on any atom is -0.398 e. The number of fused-ring (bicyclic) bond motifs is 1. The fraction of sp³-hybridized carbons (Fsp3) is 0.529. The van der Waals surface area contributed by atoms with Crippen LogP contribution >= 0.6 is 0 Å². The number of amides is 2. The second-order valence-electron chi connectivity index (χ2n) is 6.75. The highest BCUT2D eigenvalue weighted by Gasteiger charge is 2.24. The molecule has 5 heteroatoms. The molecule has 2 rings (SSSR count). The lowest BCUT2D eigenvalue weighted by atomic mass is 9.96. The minimum atomic E-state index is -0.435. The van der Waals surface area contributed by atoms with E-state index in [-0.39, 0.29) is 11.8 Å². The van der Waals surface area contributed by atoms with E-state index in [4.69, 9.17) is 5.73 Å². The van der Waals surface area contributed by atoms with Gasteiger partial charge in [-0.3, -0.25) is 9.59 Å². The van der Waals surface area contributed by atoms with Crippen LogP contribution in [0.1, 0.15) is 39.2 Å². The van der Waals surface area contributed by atoms with Gasteiger partial charge in [0.2, 0.25) is 11.8 Å². The van der Waals surface area contributed by atoms with Gasteiger partial charge in [-0.15, -0.1) is 0 Å². The number of anilines is 2. The first kappa shape index (κ1) is 16.3. The standard InChI is InChI=1S/C17H25N3O2/c1-17(2,3)16(22)19-10-9-15(21)20-11-5-6-12-13(18)7-4-8-14(12)20/h4,7-8H,5-6,9-11,18H2,1-3H3,(H,19,22). The van der Waals surface area contributed by atoms with Crippen molar-refractivity contribution in [3.63, 3.8) is 0 Å². The van der Waals surface area contributed by atoms with Crippen molar-refractivity contribution in [2.75, 3.05) is 23.7 Å². The van der Waals surface area contributed by atoms with Gasteiger partial charge in [0, 0.05) is 36.3 Å². The zero-order valence-electron chi connectivity index (χ0n) is 13.6. The topological polar surface area (TPSA) is 75.4 Å². The molecule has 120 valence electrons. The van der Waals surface area contributed by atoms with E-state index in [1.165, 1.54) is 0 Å². The number of nitrogens with zero attached hydrogens (tertiary/aromatic N) is 1. The number of rotatable bonds is 3. The van der Waals surface area contributed by atoms with E-state index in [1.807, 2.05) is 39.0 Å². The minimum absolute atomic E-state index is 0.0285. The van der Waals surface area contributed by atoms with Crippen LogP contribution in [0.5, 0.6) is 0 Å². The highest BCUT2D eigenvalue weighted by atomic mass is 16.2. The first-order valence-electron chi connectivity index (χ1n) is 7.77. The zero-order chi connectivity index (χ0) is 16.3. The molecule has 0 bridgehead atoms. The third-order valence-electron chi connectivity index (χ3n) is 3.89. The van der Waals surface area contributed by atoms with E-state index >= 15 is 0 Å². The van der Waals surface area contributed by atoms with E-state index in [0.29, 0.717) is 19.5 Å². The van der Waals surface area contributed by atoms with Crippen LogP contribution in [0, 0.1) is 5.41 Å². The first-order chi connectivity index (χ1) is 10.3. The molecule has 0 atom stereocenters. The number of nitrogens with two attached hydrogens (primary N) is 1. The van der Waals surface area contributed by atoms with Crippen LogP contribution in [0.2, 0.25) is 0 Å². The third kappa shape index (κ3) is 3.59. The highest BCUT2D eigenvalue weighted by molar-refractivity contribution is 5.95. The predicted octanol–water partition coefficient (Wildman–Crippen LogP) is 2.10. The van der Waals surface area contributed by atoms with Crippen molar-refractivity contribution >= 4 is 23.2 Å². The lowest BCUT2D eigenvalue weighted by molar-refractivity contribution is -0.128. The number of hydrogen-bond donors (Lipinski definition) is 2. The summed E-state index contributed by atoms with van der Waals surface area (Å²) in [6.07, 6.45) is 2.13. The monoisotopic (exact) mass is 303 g/mol. The maximum atomic E-state index is 12.4. The summed E-state index contributed by atoms with van der Waals surface area (Å²) in [5.74, 6) is -0.00986. The lowest BCUT2D eigenvalue weighted by Crippen LogP contribution is -2.40. The molecule has 1 aromatic rings. The van der Waals surface area contributed by atoms with Crippen molar-refractivity contribution in [1.29, 1.82) is 0 Å². The Morgan fingerprint density at radius 1 is 1.32 bits per heavy atom. The number of benzene rings is 1. The molecule has 0 spiro atoms. The molecular formula is C17H25N3O2. The van der Waals surface area contributed by atoms with E-state index in [0.717, 1.165) is 29.8 Å². The van der Waals surface area contributed by atoms with Gasteiger partial charge in [-0.2, -0.15) is 0 Å². The maximum absolute atomic E-state index is 12.4. The molecule has 0 aliphatic carbocycles. The van der Waals surface area contributed by atoms with Gasteiger partial charge in [0.1, 0.15) is 0 Å². The second-order valence-corrected chi connectivity index (χ2v) is 6.75. The summed E-state index contributed by atoms with van der Waals surface area (Å²) in [5.41, 5.74) is 8.28. The summed E-state index contributed by atoms with van der Waals surface area (Å²) in [5, 5.41) is 2.82. The summed E-state index contributed by atoms with van der Waals surface area (Å²) >= 11 is 0. The molecule has 1 aliphatic rings. The smallest absolute Gasteiger partial charge is 0.228 e. The highest BCUT2D eigenvalue weighted by Crippen LogP contribution is 2.31. The zero-order valence-corrected chi connectivity index (χ0v) is 13.6. The van der Waals surface area contributed by atoms with Crippen molar-refractivity contribution < 1.29 is 9.59 Å². The van der Waals surface area contributed by atoms with Crippen LogP contribution in [-0.2, 0) is 16.0 Å². The summed E-state index contributed by atoms with van der Waals surface area (Å²) in [6, 6.07) is 5.69. The van der Waals surface area contributed by atoms with E-state index in [1.54, 1.807) is 4.90 Å². The molecule has 1 heterocycles. The molecule has 22 heavy (non-hydrogen) atoms. The number of nitrogens with one attached hydrogen (secondary N) is 1. The Morgan fingerprint density at radius 2 is 2.05 bits per heavy atom. The number of nitrogen functional groups attached to an aromatic ring is 1. The first-order valence-corrected chi connectivity index (χ1v) is 7.77. The largest absolute Gasteiger partial charge is 0.398 e. The molecule has 5 nitrogen and oxygen atoms in total. The van der Waals surface area contributed by atoms with Crippen LogP contribution in [0.4, 0.5) is 11.4 Å². The summed E-state index contributed by atoms with van der Waals surface area (Å²) < 4.78 is 0. The number of carbonyl (C=O) groups excluding carboxylic acids is 2. The van der Waals surface area contributed by atoms with Crippen molar-refractivity contribution in [3.8, 4) is 0 Å². The lowest BCUT2D eigenvalue weighted by Gasteiger charge is -2.30. The van der Waals surface area contributed by atoms with Crippen molar-refractivity contribution in [2.24, 2.45) is 5.41 Å². The van der Waals surface area contributed by atoms with Gasteiger partial charge in [-0.05, 0) is 30.5 Å². The molecule has 1 aromatic carbocycles. The van der Waals surface area contributed by atoms with Gasteiger partial charge in [-0.1, -0.05) is 26.8 Å². The van der Waals surface area contributed by atoms with Gasteiger partial charge in [-0.25, -0.2) is 0 Å². The normalized spacial score (nSPS) is 14.4. The Labute approximate surface area is 131 Å². The van der Waals surface area contributed by atoms with Gasteiger partial charge < -0.3 is 16.0 Å². The molecule has 0 fully saturated rings. The summed E-state index contributed by atoms with van der Waals surface area (Å²) in [7, 11) is 0. The number of hydrogen-bond acceptors (Lipinski definition) is 3. The van der Waals surface area contributed by atoms with Crippen molar-refractivity contribution in [2.45, 2.75) is 40.0 Å². The van der Waals surface area contributed by atoms with Gasteiger partial charge in [0.25, 0.3) is 0 Å². The quantitative estimate of drug-likeness (QED) is 0.840. The van der Waals surface area contributed by atoms with Gasteiger partial charge in [0.15, 0.2) is 0 Å². The molecule has 0 saturated carbocycles. The Bertz CT molecular complexity index is 576. The fourth-order valence-corrected chi connectivity index (χ4v) is 2.59. The number of carbonyl (C=O) groups is 2. The predicted molar refractivity (Wildman–Crippen MR) is 88.6 cm³/mol. The average molecular weight is 303 g/mol. The van der Waals surface area contributed by atoms with Crippen LogP contribution < -0.4 is 16.0 Å². The Kier molecular flexibility index (Phi) is 4.74. The second kappa shape index (κ2) is 6.38. The molecule has 0 aromatic heterocycles. The van der Waals surface area contributed by atoms with Gasteiger partial charge in [0.05, 0.1) is 0 Å². The molecule has 1 aliphatic heterocycles. The Balaban J connectivity index is 1.98. The van der Waals surface area contributed by atoms with Gasteiger partial charge >= 0.3 is 0 Å². The van der Waals surface area contributed by atoms with Crippen LogP contribution in [0.25, 0.3) is 0 Å². The Morgan fingerprint density at radius 3 is 2.73 bits per heavy atom. The fourth-order valence-electron chi connectivity index (χ4n) is 2.59. The molecule has 0 radical (unpaired) electrons. The SMILES string of the molecule is CC(C)(C)C(=O)NCCC(=O)N1CCCc2c(N)cccc21. The molecule has 3 N–H and O–H groups in total. The van der Waals surface area contributed by atoms with Crippen molar-refractivity contribution in [3.05, 3.63) is 23.8 Å². The molecule has 0 saturated heterocycles. The average Bonchev–Trinajstić information content (AvgIpc) is 2.46. The third-order valence-corrected chi connectivity index (χ3v) is 3.89. The van der Waals surface area contributed by atoms with Crippen LogP contribution in [0.15, 0.2) is 18.2 Å². The molecule has 2 amide bonds. The summed E-state index contributed by atoms with van der Waals surface area (Å²) in [6.45, 7) is 6.64.